The van der Waals surface area contributed by atoms with E-state index < -0.39 is 0 Å². The summed E-state index contributed by atoms with van der Waals surface area (Å²) in [7, 11) is 0. The SMILES string of the molecule is Cc1cccc(C(C)NCC(c2ccco2)N2CCCC2)c1. The lowest BCUT2D eigenvalue weighted by Gasteiger charge is -2.27. The second-order valence-corrected chi connectivity index (χ2v) is 6.32. The lowest BCUT2D eigenvalue weighted by molar-refractivity contribution is 0.205. The summed E-state index contributed by atoms with van der Waals surface area (Å²) in [6, 6.07) is 13.5. The molecule has 2 atom stereocenters. The number of hydrogen-bond donors (Lipinski definition) is 1. The number of aryl methyl sites for hydroxylation is 1. The molecule has 1 aliphatic heterocycles. The van der Waals surface area contributed by atoms with Gasteiger partial charge in [0.25, 0.3) is 0 Å². The Bertz CT molecular complexity index is 573. The van der Waals surface area contributed by atoms with Gasteiger partial charge in [0.15, 0.2) is 0 Å². The molecule has 0 radical (unpaired) electrons. The monoisotopic (exact) mass is 298 g/mol. The molecule has 1 aromatic carbocycles. The Labute approximate surface area is 133 Å². The van der Waals surface area contributed by atoms with Crippen LogP contribution < -0.4 is 5.32 Å². The fraction of sp³-hybridized carbons (Fsp3) is 0.474. The second kappa shape index (κ2) is 7.12. The first-order valence-corrected chi connectivity index (χ1v) is 8.31. The molecule has 0 aliphatic carbocycles. The Morgan fingerprint density at radius 3 is 2.68 bits per heavy atom. The Hall–Kier alpha value is -1.58. The van der Waals surface area contributed by atoms with Crippen molar-refractivity contribution < 1.29 is 4.42 Å². The van der Waals surface area contributed by atoms with Gasteiger partial charge in [-0.2, -0.15) is 0 Å². The van der Waals surface area contributed by atoms with Crippen LogP contribution in [0.2, 0.25) is 0 Å². The molecule has 2 unspecified atom stereocenters. The molecular formula is C19H26N2O. The molecule has 2 aromatic rings. The molecule has 0 amide bonds. The van der Waals surface area contributed by atoms with Crippen LogP contribution in [0, 0.1) is 6.92 Å². The standard InChI is InChI=1S/C19H26N2O/c1-15-7-5-8-17(13-15)16(2)20-14-18(19-9-6-12-22-19)21-10-3-4-11-21/h5-9,12-13,16,18,20H,3-4,10-11,14H2,1-2H3. The van der Waals surface area contributed by atoms with Gasteiger partial charge in [-0.25, -0.2) is 0 Å². The van der Waals surface area contributed by atoms with E-state index in [0.29, 0.717) is 12.1 Å². The van der Waals surface area contributed by atoms with E-state index in [4.69, 9.17) is 4.42 Å². The molecular weight excluding hydrogens is 272 g/mol. The molecule has 3 rings (SSSR count). The van der Waals surface area contributed by atoms with E-state index >= 15 is 0 Å². The molecule has 1 aliphatic rings. The minimum atomic E-state index is 0.338. The van der Waals surface area contributed by atoms with E-state index in [1.54, 1.807) is 6.26 Å². The number of hydrogen-bond acceptors (Lipinski definition) is 3. The molecule has 3 nitrogen and oxygen atoms in total. The third-order valence-corrected chi connectivity index (χ3v) is 4.61. The Balaban J connectivity index is 1.66. The number of furan rings is 1. The van der Waals surface area contributed by atoms with Crippen LogP contribution >= 0.6 is 0 Å². The first-order valence-electron chi connectivity index (χ1n) is 8.31. The van der Waals surface area contributed by atoms with Crippen LogP contribution in [0.5, 0.6) is 0 Å². The first-order chi connectivity index (χ1) is 10.7. The van der Waals surface area contributed by atoms with E-state index in [1.165, 1.54) is 37.1 Å². The van der Waals surface area contributed by atoms with Crippen molar-refractivity contribution in [2.45, 2.75) is 38.8 Å². The normalized spacial score (nSPS) is 18.5. The van der Waals surface area contributed by atoms with Gasteiger partial charge in [-0.3, -0.25) is 4.90 Å². The van der Waals surface area contributed by atoms with E-state index in [-0.39, 0.29) is 0 Å². The zero-order valence-electron chi connectivity index (χ0n) is 13.6. The van der Waals surface area contributed by atoms with Gasteiger partial charge in [0.05, 0.1) is 12.3 Å². The molecule has 0 saturated carbocycles. The van der Waals surface area contributed by atoms with Gasteiger partial charge in [-0.1, -0.05) is 29.8 Å². The second-order valence-electron chi connectivity index (χ2n) is 6.32. The molecule has 2 heterocycles. The van der Waals surface area contributed by atoms with Crippen LogP contribution in [-0.4, -0.2) is 24.5 Å². The fourth-order valence-corrected chi connectivity index (χ4v) is 3.29. The predicted octanol–water partition coefficient (Wildman–Crippen LogP) is 4.08. The molecule has 1 saturated heterocycles. The van der Waals surface area contributed by atoms with E-state index in [9.17, 15) is 0 Å². The molecule has 0 bridgehead atoms. The van der Waals surface area contributed by atoms with Crippen molar-refractivity contribution in [1.29, 1.82) is 0 Å². The maximum Gasteiger partial charge on any atom is 0.122 e. The van der Waals surface area contributed by atoms with E-state index in [0.717, 1.165) is 12.3 Å². The molecule has 118 valence electrons. The zero-order valence-corrected chi connectivity index (χ0v) is 13.6. The van der Waals surface area contributed by atoms with Crippen LogP contribution in [0.3, 0.4) is 0 Å². The Morgan fingerprint density at radius 2 is 2.00 bits per heavy atom. The van der Waals surface area contributed by atoms with Crippen molar-refractivity contribution >= 4 is 0 Å². The summed E-state index contributed by atoms with van der Waals surface area (Å²) in [4.78, 5) is 2.54. The number of benzene rings is 1. The molecule has 22 heavy (non-hydrogen) atoms. The van der Waals surface area contributed by atoms with Crippen LogP contribution in [0.1, 0.15) is 48.7 Å². The molecule has 1 N–H and O–H groups in total. The van der Waals surface area contributed by atoms with Gasteiger partial charge in [0.1, 0.15) is 5.76 Å². The van der Waals surface area contributed by atoms with E-state index in [2.05, 4.69) is 54.4 Å². The minimum absolute atomic E-state index is 0.338. The summed E-state index contributed by atoms with van der Waals surface area (Å²) >= 11 is 0. The Morgan fingerprint density at radius 1 is 1.18 bits per heavy atom. The summed E-state index contributed by atoms with van der Waals surface area (Å²) in [6.07, 6.45) is 4.37. The molecule has 3 heteroatoms. The van der Waals surface area contributed by atoms with Gasteiger partial charge in [-0.05, 0) is 57.5 Å². The largest absolute Gasteiger partial charge is 0.468 e. The van der Waals surface area contributed by atoms with Crippen LogP contribution in [0.15, 0.2) is 47.1 Å². The number of rotatable bonds is 6. The number of nitrogens with one attached hydrogen (secondary N) is 1. The summed E-state index contributed by atoms with van der Waals surface area (Å²) in [6.45, 7) is 7.64. The average Bonchev–Trinajstić information content (AvgIpc) is 3.21. The van der Waals surface area contributed by atoms with Gasteiger partial charge in [0, 0.05) is 12.6 Å². The van der Waals surface area contributed by atoms with Crippen LogP contribution in [0.25, 0.3) is 0 Å². The highest BCUT2D eigenvalue weighted by molar-refractivity contribution is 5.24. The summed E-state index contributed by atoms with van der Waals surface area (Å²) in [5.74, 6) is 1.07. The fourth-order valence-electron chi connectivity index (χ4n) is 3.29. The van der Waals surface area contributed by atoms with Crippen molar-refractivity contribution in [3.8, 4) is 0 Å². The third kappa shape index (κ3) is 3.60. The number of likely N-dealkylation sites (tertiary alicyclic amines) is 1. The summed E-state index contributed by atoms with van der Waals surface area (Å²) in [5, 5.41) is 3.69. The molecule has 0 spiro atoms. The maximum atomic E-state index is 5.68. The molecule has 1 aromatic heterocycles. The Kier molecular flexibility index (Phi) is 4.96. The van der Waals surface area contributed by atoms with Gasteiger partial charge in [-0.15, -0.1) is 0 Å². The maximum absolute atomic E-state index is 5.68. The molecule has 1 fully saturated rings. The first kappa shape index (κ1) is 15.3. The average molecular weight is 298 g/mol. The summed E-state index contributed by atoms with van der Waals surface area (Å²) in [5.41, 5.74) is 2.66. The van der Waals surface area contributed by atoms with Crippen molar-refractivity contribution in [3.63, 3.8) is 0 Å². The topological polar surface area (TPSA) is 28.4 Å². The zero-order chi connectivity index (χ0) is 15.4. The number of nitrogens with zero attached hydrogens (tertiary/aromatic N) is 1. The van der Waals surface area contributed by atoms with Crippen molar-refractivity contribution in [2.24, 2.45) is 0 Å². The highest BCUT2D eigenvalue weighted by Gasteiger charge is 2.25. The van der Waals surface area contributed by atoms with Crippen molar-refractivity contribution in [1.82, 2.24) is 10.2 Å². The van der Waals surface area contributed by atoms with Gasteiger partial charge in [0.2, 0.25) is 0 Å². The summed E-state index contributed by atoms with van der Waals surface area (Å²) < 4.78 is 5.68. The van der Waals surface area contributed by atoms with Gasteiger partial charge < -0.3 is 9.73 Å². The smallest absolute Gasteiger partial charge is 0.122 e. The lowest BCUT2D eigenvalue weighted by atomic mass is 10.1. The quantitative estimate of drug-likeness (QED) is 0.871. The van der Waals surface area contributed by atoms with Gasteiger partial charge >= 0.3 is 0 Å². The van der Waals surface area contributed by atoms with Crippen LogP contribution in [-0.2, 0) is 0 Å². The third-order valence-electron chi connectivity index (χ3n) is 4.61. The minimum Gasteiger partial charge on any atom is -0.468 e. The predicted molar refractivity (Wildman–Crippen MR) is 89.9 cm³/mol. The highest BCUT2D eigenvalue weighted by Crippen LogP contribution is 2.26. The lowest BCUT2D eigenvalue weighted by Crippen LogP contribution is -2.35. The van der Waals surface area contributed by atoms with Crippen molar-refractivity contribution in [3.05, 3.63) is 59.5 Å². The highest BCUT2D eigenvalue weighted by atomic mass is 16.3. The van der Waals surface area contributed by atoms with Crippen molar-refractivity contribution in [2.75, 3.05) is 19.6 Å². The van der Waals surface area contributed by atoms with Crippen LogP contribution in [0.4, 0.5) is 0 Å². The van der Waals surface area contributed by atoms with E-state index in [1.807, 2.05) is 6.07 Å².